The molecule has 6 heteroatoms. The average Bonchev–Trinajstić information content (AvgIpc) is 2.41. The zero-order valence-corrected chi connectivity index (χ0v) is 12.5. The van der Waals surface area contributed by atoms with Crippen LogP contribution in [0.1, 0.15) is 25.8 Å². The summed E-state index contributed by atoms with van der Waals surface area (Å²) in [7, 11) is -3.54. The predicted molar refractivity (Wildman–Crippen MR) is 76.5 cm³/mol. The lowest BCUT2D eigenvalue weighted by Crippen LogP contribution is -2.54. The first-order valence-corrected chi connectivity index (χ1v) is 8.07. The first-order valence-electron chi connectivity index (χ1n) is 6.58. The number of nitrogens with zero attached hydrogens (tertiary/aromatic N) is 1. The second kappa shape index (κ2) is 5.52. The van der Waals surface area contributed by atoms with Crippen molar-refractivity contribution >= 4 is 10.0 Å². The molecule has 0 saturated carbocycles. The number of benzene rings is 1. The van der Waals surface area contributed by atoms with Crippen LogP contribution in [0.5, 0.6) is 0 Å². The van der Waals surface area contributed by atoms with Gasteiger partial charge in [0.15, 0.2) is 0 Å². The van der Waals surface area contributed by atoms with E-state index < -0.39 is 10.0 Å². The molecule has 1 aliphatic heterocycles. The normalized spacial score (nSPS) is 22.1. The average molecular weight is 293 g/mol. The Kier molecular flexibility index (Phi) is 4.14. The fraction of sp³-hybridized carbons (Fsp3) is 0.500. The van der Waals surface area contributed by atoms with Gasteiger partial charge in [-0.05, 0) is 42.6 Å². The molecule has 2 N–H and O–H groups in total. The van der Waals surface area contributed by atoms with E-state index in [0.717, 1.165) is 19.5 Å². The van der Waals surface area contributed by atoms with Crippen LogP contribution in [0.15, 0.2) is 29.2 Å². The van der Waals surface area contributed by atoms with E-state index in [0.29, 0.717) is 5.56 Å². The highest BCUT2D eigenvalue weighted by molar-refractivity contribution is 7.89. The van der Waals surface area contributed by atoms with Crippen molar-refractivity contribution in [1.82, 2.24) is 10.0 Å². The molecule has 1 aromatic carbocycles. The van der Waals surface area contributed by atoms with Crippen molar-refractivity contribution in [1.29, 1.82) is 5.26 Å². The van der Waals surface area contributed by atoms with Crippen LogP contribution < -0.4 is 10.0 Å². The summed E-state index contributed by atoms with van der Waals surface area (Å²) in [4.78, 5) is 0.200. The molecule has 108 valence electrons. The molecule has 0 aromatic heterocycles. The Labute approximate surface area is 120 Å². The fourth-order valence-electron chi connectivity index (χ4n) is 2.35. The summed E-state index contributed by atoms with van der Waals surface area (Å²) in [5, 5.41) is 12.0. The number of rotatable bonds is 3. The summed E-state index contributed by atoms with van der Waals surface area (Å²) < 4.78 is 27.5. The van der Waals surface area contributed by atoms with E-state index in [2.05, 4.69) is 10.0 Å². The van der Waals surface area contributed by atoms with E-state index in [9.17, 15) is 8.42 Å². The summed E-state index contributed by atoms with van der Waals surface area (Å²) in [5.74, 6) is 0. The third-order valence-corrected chi connectivity index (χ3v) is 5.21. The minimum absolute atomic E-state index is 0.0932. The van der Waals surface area contributed by atoms with Crippen LogP contribution in [0.2, 0.25) is 0 Å². The summed E-state index contributed by atoms with van der Waals surface area (Å²) >= 11 is 0. The van der Waals surface area contributed by atoms with E-state index in [1.165, 1.54) is 24.3 Å². The van der Waals surface area contributed by atoms with Gasteiger partial charge in [0.05, 0.1) is 16.5 Å². The van der Waals surface area contributed by atoms with Crippen LogP contribution in [0.25, 0.3) is 0 Å². The third-order valence-electron chi connectivity index (χ3n) is 3.72. The standard InChI is InChI=1S/C14H19N3O2S/c1-14(2)10-16-8-7-13(14)17-20(18,19)12-5-3-11(9-15)4-6-12/h3-6,13,16-17H,7-8,10H2,1-2H3. The Balaban J connectivity index is 2.20. The highest BCUT2D eigenvalue weighted by atomic mass is 32.2. The number of nitrogens with one attached hydrogen (secondary N) is 2. The number of hydrogen-bond acceptors (Lipinski definition) is 4. The minimum atomic E-state index is -3.54. The van der Waals surface area contributed by atoms with Crippen LogP contribution in [-0.4, -0.2) is 27.5 Å². The van der Waals surface area contributed by atoms with Crippen LogP contribution in [0.4, 0.5) is 0 Å². The van der Waals surface area contributed by atoms with E-state index >= 15 is 0 Å². The van der Waals surface area contributed by atoms with Crippen LogP contribution in [-0.2, 0) is 10.0 Å². The van der Waals surface area contributed by atoms with Gasteiger partial charge in [0.25, 0.3) is 0 Å². The summed E-state index contributed by atoms with van der Waals surface area (Å²) in [6.45, 7) is 5.69. The van der Waals surface area contributed by atoms with Crippen molar-refractivity contribution in [3.8, 4) is 6.07 Å². The topological polar surface area (TPSA) is 82.0 Å². The highest BCUT2D eigenvalue weighted by Crippen LogP contribution is 2.26. The second-order valence-electron chi connectivity index (χ2n) is 5.76. The Morgan fingerprint density at radius 1 is 1.35 bits per heavy atom. The summed E-state index contributed by atoms with van der Waals surface area (Å²) in [5.41, 5.74) is 0.323. The molecule has 1 fully saturated rings. The molecule has 1 saturated heterocycles. The van der Waals surface area contributed by atoms with Crippen molar-refractivity contribution in [2.75, 3.05) is 13.1 Å². The Morgan fingerprint density at radius 2 is 2.00 bits per heavy atom. The molecule has 0 radical (unpaired) electrons. The van der Waals surface area contributed by atoms with E-state index in [1.54, 1.807) is 0 Å². The number of hydrogen-bond donors (Lipinski definition) is 2. The molecule has 1 heterocycles. The minimum Gasteiger partial charge on any atom is -0.316 e. The molecular weight excluding hydrogens is 274 g/mol. The van der Waals surface area contributed by atoms with Gasteiger partial charge in [-0.3, -0.25) is 0 Å². The Hall–Kier alpha value is -1.42. The quantitative estimate of drug-likeness (QED) is 0.878. The van der Waals surface area contributed by atoms with Gasteiger partial charge >= 0.3 is 0 Å². The molecular formula is C14H19N3O2S. The molecule has 0 amide bonds. The Bertz CT molecular complexity index is 615. The molecule has 0 aliphatic carbocycles. The fourth-order valence-corrected chi connectivity index (χ4v) is 3.80. The van der Waals surface area contributed by atoms with Crippen molar-refractivity contribution in [3.63, 3.8) is 0 Å². The largest absolute Gasteiger partial charge is 0.316 e. The van der Waals surface area contributed by atoms with Crippen molar-refractivity contribution < 1.29 is 8.42 Å². The number of nitriles is 1. The smallest absolute Gasteiger partial charge is 0.240 e. The highest BCUT2D eigenvalue weighted by Gasteiger charge is 2.35. The maximum absolute atomic E-state index is 12.4. The zero-order chi connectivity index (χ0) is 14.8. The maximum Gasteiger partial charge on any atom is 0.240 e. The van der Waals surface area contributed by atoms with Crippen LogP contribution in [0, 0.1) is 16.7 Å². The molecule has 2 rings (SSSR count). The molecule has 0 spiro atoms. The van der Waals surface area contributed by atoms with Gasteiger partial charge in [-0.2, -0.15) is 5.26 Å². The molecule has 0 bridgehead atoms. The monoisotopic (exact) mass is 293 g/mol. The first kappa shape index (κ1) is 15.0. The summed E-state index contributed by atoms with van der Waals surface area (Å²) in [6.07, 6.45) is 0.766. The number of sulfonamides is 1. The molecule has 1 unspecified atom stereocenters. The number of piperidine rings is 1. The van der Waals surface area contributed by atoms with Gasteiger partial charge in [-0.15, -0.1) is 0 Å². The molecule has 1 atom stereocenters. The van der Waals surface area contributed by atoms with Gasteiger partial charge in [-0.1, -0.05) is 13.8 Å². The van der Waals surface area contributed by atoms with Gasteiger partial charge in [0, 0.05) is 12.6 Å². The molecule has 20 heavy (non-hydrogen) atoms. The van der Waals surface area contributed by atoms with E-state index in [4.69, 9.17) is 5.26 Å². The van der Waals surface area contributed by atoms with E-state index in [1.807, 2.05) is 19.9 Å². The molecule has 5 nitrogen and oxygen atoms in total. The van der Waals surface area contributed by atoms with Gasteiger partial charge in [0.1, 0.15) is 0 Å². The molecule has 1 aliphatic rings. The lowest BCUT2D eigenvalue weighted by Gasteiger charge is -2.39. The second-order valence-corrected chi connectivity index (χ2v) is 7.48. The van der Waals surface area contributed by atoms with Crippen molar-refractivity contribution in [3.05, 3.63) is 29.8 Å². The van der Waals surface area contributed by atoms with Crippen molar-refractivity contribution in [2.24, 2.45) is 5.41 Å². The van der Waals surface area contributed by atoms with Gasteiger partial charge in [-0.25, -0.2) is 13.1 Å². The Morgan fingerprint density at radius 3 is 2.55 bits per heavy atom. The zero-order valence-electron chi connectivity index (χ0n) is 11.7. The first-order chi connectivity index (χ1) is 9.35. The van der Waals surface area contributed by atoms with Crippen LogP contribution in [0.3, 0.4) is 0 Å². The van der Waals surface area contributed by atoms with E-state index in [-0.39, 0.29) is 16.4 Å². The maximum atomic E-state index is 12.4. The SMILES string of the molecule is CC1(C)CNCCC1NS(=O)(=O)c1ccc(C#N)cc1. The van der Waals surface area contributed by atoms with Gasteiger partial charge < -0.3 is 5.32 Å². The lowest BCUT2D eigenvalue weighted by atomic mass is 9.81. The molecule has 1 aromatic rings. The lowest BCUT2D eigenvalue weighted by molar-refractivity contribution is 0.206. The predicted octanol–water partition coefficient (Wildman–Crippen LogP) is 1.22. The third kappa shape index (κ3) is 3.18. The van der Waals surface area contributed by atoms with Crippen LogP contribution >= 0.6 is 0 Å². The van der Waals surface area contributed by atoms with Crippen molar-refractivity contribution in [2.45, 2.75) is 31.2 Å². The van der Waals surface area contributed by atoms with Gasteiger partial charge in [0.2, 0.25) is 10.0 Å². The summed E-state index contributed by atoms with van der Waals surface area (Å²) in [6, 6.07) is 7.85.